The molecule has 262 valence electrons. The molecule has 3 heterocycles. The molecule has 5 rings (SSSR count). The predicted molar refractivity (Wildman–Crippen MR) is 186 cm³/mol. The lowest BCUT2D eigenvalue weighted by molar-refractivity contribution is -0.751. The van der Waals surface area contributed by atoms with Crippen LogP contribution in [0.5, 0.6) is 0 Å². The van der Waals surface area contributed by atoms with Crippen molar-refractivity contribution >= 4 is 34.5 Å². The number of H-pyrrole nitrogens is 1. The van der Waals surface area contributed by atoms with Gasteiger partial charge in [-0.2, -0.15) is 9.67 Å². The third-order valence-corrected chi connectivity index (χ3v) is 9.77. The summed E-state index contributed by atoms with van der Waals surface area (Å²) in [4.78, 5) is 34.9. The summed E-state index contributed by atoms with van der Waals surface area (Å²) < 4.78 is 1.99. The highest BCUT2D eigenvalue weighted by Gasteiger charge is 2.25. The number of aryl methyl sites for hydroxylation is 1. The molecule has 1 atom stereocenters. The molecule has 13 heteroatoms. The maximum atomic E-state index is 12.6. The quantitative estimate of drug-likeness (QED) is 0.0820. The van der Waals surface area contributed by atoms with Crippen molar-refractivity contribution in [3.05, 3.63) is 36.2 Å². The number of nitrogens with zero attached hydrogens (tertiary/aromatic N) is 5. The molecule has 2 aromatic heterocycles. The van der Waals surface area contributed by atoms with Gasteiger partial charge in [-0.05, 0) is 63.2 Å². The van der Waals surface area contributed by atoms with Gasteiger partial charge in [-0.1, -0.05) is 62.3 Å². The maximum Gasteiger partial charge on any atom is 0.320 e. The maximum absolute atomic E-state index is 12.6. The van der Waals surface area contributed by atoms with Crippen LogP contribution in [0.4, 0.5) is 11.8 Å². The van der Waals surface area contributed by atoms with E-state index in [1.165, 1.54) is 51.4 Å². The Hall–Kier alpha value is -3.84. The van der Waals surface area contributed by atoms with Gasteiger partial charge in [0.15, 0.2) is 6.20 Å². The fraction of sp³-hybridized carbons (Fsp3) is 0.657. The number of piperidine rings is 1. The van der Waals surface area contributed by atoms with Gasteiger partial charge in [0.1, 0.15) is 18.4 Å². The van der Waals surface area contributed by atoms with Gasteiger partial charge >= 0.3 is 5.97 Å². The van der Waals surface area contributed by atoms with Gasteiger partial charge in [0.05, 0.1) is 12.1 Å². The molecule has 0 radical (unpaired) electrons. The van der Waals surface area contributed by atoms with E-state index in [1.807, 2.05) is 28.9 Å². The van der Waals surface area contributed by atoms with Crippen molar-refractivity contribution in [1.82, 2.24) is 30.5 Å². The van der Waals surface area contributed by atoms with Crippen LogP contribution in [-0.2, 0) is 22.6 Å². The summed E-state index contributed by atoms with van der Waals surface area (Å²) in [5, 5.41) is 28.1. The highest BCUT2D eigenvalue weighted by molar-refractivity contribution is 5.90. The molecule has 0 bridgehead atoms. The van der Waals surface area contributed by atoms with E-state index in [2.05, 4.69) is 32.5 Å². The molecule has 1 saturated carbocycles. The molecule has 0 spiro atoms. The minimum Gasteiger partial charge on any atom is -0.480 e. The zero-order valence-corrected chi connectivity index (χ0v) is 28.3. The minimum atomic E-state index is -1.08. The standard InChI is InChI=1S/C35H54N10O3/c36-30(34(47)48)15-16-32(46)44-22-17-27(18-23-44)39-33-29-13-4-5-14-31(29)40-35(41-33)38-21-24-45-25-28(42-43-45)12-8-20-37-19-7-6-11-26-9-2-1-3-10-26/h4-5,13-14,25-27,30,37H,1-3,6-12,15-24,36H2,(H3,38,39,40,41,47,48)/p+1. The number of carboxylic acid groups (broad SMARTS) is 1. The number of aromatic nitrogens is 5. The van der Waals surface area contributed by atoms with Gasteiger partial charge < -0.3 is 31.7 Å². The van der Waals surface area contributed by atoms with E-state index in [-0.39, 0.29) is 24.8 Å². The number of hydrogen-bond acceptors (Lipinski definition) is 9. The van der Waals surface area contributed by atoms with Crippen LogP contribution in [-0.4, -0.2) is 87.0 Å². The fourth-order valence-corrected chi connectivity index (χ4v) is 6.86. The van der Waals surface area contributed by atoms with Gasteiger partial charge in [0.2, 0.25) is 17.5 Å². The van der Waals surface area contributed by atoms with Crippen LogP contribution < -0.4 is 26.4 Å². The van der Waals surface area contributed by atoms with Crippen molar-refractivity contribution in [2.75, 3.05) is 43.4 Å². The van der Waals surface area contributed by atoms with Crippen LogP contribution >= 0.6 is 0 Å². The molecule has 48 heavy (non-hydrogen) atoms. The number of unbranched alkanes of at least 4 members (excludes halogenated alkanes) is 1. The molecule has 1 aromatic carbocycles. The molecule has 1 unspecified atom stereocenters. The second kappa shape index (κ2) is 18.6. The predicted octanol–water partition coefficient (Wildman–Crippen LogP) is 3.62. The normalized spacial score (nSPS) is 16.6. The Morgan fingerprint density at radius 3 is 2.62 bits per heavy atom. The summed E-state index contributed by atoms with van der Waals surface area (Å²) in [5.41, 5.74) is 7.49. The van der Waals surface area contributed by atoms with Gasteiger partial charge in [-0.3, -0.25) is 9.59 Å². The Balaban J connectivity index is 1.01. The molecular formula is C35H55N10O3+. The summed E-state index contributed by atoms with van der Waals surface area (Å²) in [6.45, 7) is 4.68. The Morgan fingerprint density at radius 2 is 1.81 bits per heavy atom. The second-order valence-electron chi connectivity index (χ2n) is 13.5. The lowest BCUT2D eigenvalue weighted by Gasteiger charge is -2.33. The summed E-state index contributed by atoms with van der Waals surface area (Å²) in [6, 6.07) is 7.10. The van der Waals surface area contributed by atoms with Crippen molar-refractivity contribution < 1.29 is 19.4 Å². The zero-order valence-electron chi connectivity index (χ0n) is 28.3. The first-order valence-corrected chi connectivity index (χ1v) is 18.1. The number of aliphatic carboxylic acids is 1. The van der Waals surface area contributed by atoms with Crippen molar-refractivity contribution in [3.8, 4) is 0 Å². The molecule has 2 fully saturated rings. The Morgan fingerprint density at radius 1 is 1.02 bits per heavy atom. The number of carbonyl (C=O) groups is 2. The van der Waals surface area contributed by atoms with E-state index in [0.717, 1.165) is 67.1 Å². The number of nitrogens with two attached hydrogens (primary N) is 1. The first-order valence-electron chi connectivity index (χ1n) is 18.1. The monoisotopic (exact) mass is 663 g/mol. The van der Waals surface area contributed by atoms with Gasteiger partial charge in [-0.25, -0.2) is 4.98 Å². The highest BCUT2D eigenvalue weighted by atomic mass is 16.4. The van der Waals surface area contributed by atoms with Gasteiger partial charge in [-0.15, -0.1) is 0 Å². The summed E-state index contributed by atoms with van der Waals surface area (Å²) in [5.74, 6) is 1.19. The third-order valence-electron chi connectivity index (χ3n) is 9.77. The number of carboxylic acids is 1. The topological polar surface area (TPSA) is 178 Å². The Labute approximate surface area is 283 Å². The number of carbonyl (C=O) groups excluding carboxylic acids is 1. The average Bonchev–Trinajstić information content (AvgIpc) is 3.56. The number of likely N-dealkylation sites (tertiary alicyclic amines) is 1. The molecule has 13 nitrogen and oxygen atoms in total. The minimum absolute atomic E-state index is 0.0474. The van der Waals surface area contributed by atoms with Crippen LogP contribution in [0.2, 0.25) is 0 Å². The number of fused-ring (bicyclic) bond motifs is 1. The first-order chi connectivity index (χ1) is 23.4. The lowest BCUT2D eigenvalue weighted by Crippen LogP contribution is -2.43. The third kappa shape index (κ3) is 11.1. The summed E-state index contributed by atoms with van der Waals surface area (Å²) in [6.07, 6.45) is 17.2. The van der Waals surface area contributed by atoms with Crippen molar-refractivity contribution in [2.24, 2.45) is 11.7 Å². The molecule has 1 saturated heterocycles. The average molecular weight is 664 g/mol. The van der Waals surface area contributed by atoms with Crippen LogP contribution in [0.25, 0.3) is 10.9 Å². The van der Waals surface area contributed by atoms with E-state index in [0.29, 0.717) is 32.1 Å². The van der Waals surface area contributed by atoms with Crippen LogP contribution in [0, 0.1) is 5.92 Å². The fourth-order valence-electron chi connectivity index (χ4n) is 6.86. The number of para-hydroxylation sites is 1. The molecule has 3 aromatic rings. The first kappa shape index (κ1) is 35.5. The Kier molecular flexibility index (Phi) is 13.8. The van der Waals surface area contributed by atoms with Crippen molar-refractivity contribution in [3.63, 3.8) is 0 Å². The van der Waals surface area contributed by atoms with E-state index in [4.69, 9.17) is 20.8 Å². The second-order valence-corrected chi connectivity index (χ2v) is 13.5. The van der Waals surface area contributed by atoms with E-state index in [9.17, 15) is 9.59 Å². The summed E-state index contributed by atoms with van der Waals surface area (Å²) in [7, 11) is 0. The molecule has 2 aliphatic rings. The highest BCUT2D eigenvalue weighted by Crippen LogP contribution is 2.28. The van der Waals surface area contributed by atoms with Gasteiger partial charge in [0, 0.05) is 42.5 Å². The van der Waals surface area contributed by atoms with E-state index < -0.39 is 12.0 Å². The molecule has 7 N–H and O–H groups in total. The van der Waals surface area contributed by atoms with E-state index >= 15 is 0 Å². The van der Waals surface area contributed by atoms with Crippen molar-refractivity contribution in [1.29, 1.82) is 0 Å². The molecule has 1 aliphatic carbocycles. The number of nitrogens with one attached hydrogen (secondary N) is 4. The zero-order chi connectivity index (χ0) is 33.6. The molecular weight excluding hydrogens is 608 g/mol. The number of aromatic amines is 1. The number of rotatable bonds is 19. The largest absolute Gasteiger partial charge is 0.480 e. The van der Waals surface area contributed by atoms with Crippen molar-refractivity contribution in [2.45, 2.75) is 109 Å². The number of anilines is 2. The van der Waals surface area contributed by atoms with Crippen LogP contribution in [0.1, 0.15) is 89.2 Å². The molecule has 1 aliphatic heterocycles. The van der Waals surface area contributed by atoms with Crippen LogP contribution in [0.15, 0.2) is 30.5 Å². The lowest BCUT2D eigenvalue weighted by atomic mass is 9.86. The Bertz CT molecular complexity index is 1430. The SMILES string of the molecule is NC(CCC(=O)N1CCC(Nc2nc(NCC[n+]3cc(CCCNCCCCC4CCCCC4)n[nH]3)nc3ccccc23)CC1)C(=O)O. The molecule has 1 amide bonds. The number of amides is 1. The summed E-state index contributed by atoms with van der Waals surface area (Å²) >= 11 is 0. The number of benzene rings is 1. The van der Waals surface area contributed by atoms with E-state index in [1.54, 1.807) is 4.90 Å². The van der Waals surface area contributed by atoms with Gasteiger partial charge in [0.25, 0.3) is 0 Å². The number of hydrogen-bond donors (Lipinski definition) is 6. The van der Waals surface area contributed by atoms with Crippen LogP contribution in [0.3, 0.4) is 0 Å². The smallest absolute Gasteiger partial charge is 0.320 e.